The molecule has 1 amide bonds. The van der Waals surface area contributed by atoms with E-state index in [0.717, 1.165) is 0 Å². The third kappa shape index (κ3) is 6.38. The molecule has 1 aliphatic heterocycles. The Morgan fingerprint density at radius 3 is 2.03 bits per heavy atom. The molecule has 1 saturated heterocycles. The molecule has 6 nitrogen and oxygen atoms in total. The van der Waals surface area contributed by atoms with Gasteiger partial charge in [-0.15, -0.1) is 0 Å². The maximum absolute atomic E-state index is 15.8. The predicted octanol–water partition coefficient (Wildman–Crippen LogP) is 5.99. The molecular formula is C24H41BFNO5Si. The summed E-state index contributed by atoms with van der Waals surface area (Å²) in [4.78, 5) is 12.3. The van der Waals surface area contributed by atoms with E-state index in [1.165, 1.54) is 6.07 Å². The molecule has 0 radical (unpaired) electrons. The highest BCUT2D eigenvalue weighted by Crippen LogP contribution is 2.39. The van der Waals surface area contributed by atoms with E-state index in [0.29, 0.717) is 11.0 Å². The first-order chi connectivity index (χ1) is 14.7. The maximum atomic E-state index is 15.8. The number of anilines is 1. The lowest BCUT2D eigenvalue weighted by Gasteiger charge is -2.36. The van der Waals surface area contributed by atoms with E-state index >= 15 is 4.39 Å². The molecule has 1 aromatic carbocycles. The maximum Gasteiger partial charge on any atom is 0.495 e. The molecule has 1 N–H and O–H groups in total. The molecule has 0 bridgehead atoms. The first-order valence-corrected chi connectivity index (χ1v) is 14.4. The van der Waals surface area contributed by atoms with Crippen LogP contribution in [0.4, 0.5) is 14.9 Å². The summed E-state index contributed by atoms with van der Waals surface area (Å²) in [6.45, 7) is 23.7. The number of rotatable bonds is 5. The molecule has 1 aromatic rings. The van der Waals surface area contributed by atoms with Gasteiger partial charge in [0.15, 0.2) is 14.1 Å². The lowest BCUT2D eigenvalue weighted by Crippen LogP contribution is -2.43. The van der Waals surface area contributed by atoms with Crippen molar-refractivity contribution in [3.8, 4) is 0 Å². The van der Waals surface area contributed by atoms with Crippen molar-refractivity contribution in [1.82, 2.24) is 0 Å². The highest BCUT2D eigenvalue weighted by atomic mass is 28.4. The fourth-order valence-electron chi connectivity index (χ4n) is 2.95. The zero-order valence-electron chi connectivity index (χ0n) is 22.4. The van der Waals surface area contributed by atoms with Gasteiger partial charge in [0.2, 0.25) is 0 Å². The van der Waals surface area contributed by atoms with E-state index < -0.39 is 44.1 Å². The van der Waals surface area contributed by atoms with Crippen LogP contribution in [0, 0.1) is 5.82 Å². The first kappa shape index (κ1) is 27.8. The summed E-state index contributed by atoms with van der Waals surface area (Å²) in [7, 11) is -2.92. The van der Waals surface area contributed by atoms with Crippen molar-refractivity contribution in [3.63, 3.8) is 0 Å². The number of carbonyl (C=O) groups is 1. The smallest absolute Gasteiger partial charge is 0.444 e. The zero-order chi connectivity index (χ0) is 25.6. The number of halogens is 1. The van der Waals surface area contributed by atoms with Crippen LogP contribution in [0.2, 0.25) is 18.1 Å². The van der Waals surface area contributed by atoms with Gasteiger partial charge in [-0.05, 0) is 78.1 Å². The normalized spacial score (nSPS) is 18.4. The molecule has 0 unspecified atom stereocenters. The summed E-state index contributed by atoms with van der Waals surface area (Å²) < 4.78 is 39.8. The van der Waals surface area contributed by atoms with Crippen LogP contribution in [0.15, 0.2) is 12.1 Å². The Hall–Kier alpha value is -1.42. The monoisotopic (exact) mass is 481 g/mol. The molecule has 1 heterocycles. The highest BCUT2D eigenvalue weighted by Gasteiger charge is 2.52. The van der Waals surface area contributed by atoms with Crippen LogP contribution < -0.4 is 10.8 Å². The molecule has 33 heavy (non-hydrogen) atoms. The Labute approximate surface area is 200 Å². The second-order valence-electron chi connectivity index (χ2n) is 12.3. The van der Waals surface area contributed by atoms with Crippen LogP contribution in [0.1, 0.15) is 74.8 Å². The number of carbonyl (C=O) groups excluding carboxylic acids is 1. The standard InChI is InChI=1S/C24H41BFNO5Si/c1-21(2,3)30-20(28)27-18-14-13-17(25-31-23(7,8)24(9,10)32-25)16(19(18)26)15-29-33(11,12)22(4,5)6/h13-14H,15H2,1-12H3,(H,27,28). The molecule has 1 aliphatic rings. The van der Waals surface area contributed by atoms with Gasteiger partial charge in [-0.25, -0.2) is 9.18 Å². The number of ether oxygens (including phenoxy) is 1. The minimum absolute atomic E-state index is 0.0262. The Kier molecular flexibility index (Phi) is 7.57. The van der Waals surface area contributed by atoms with Crippen molar-refractivity contribution in [2.24, 2.45) is 0 Å². The topological polar surface area (TPSA) is 66.0 Å². The summed E-state index contributed by atoms with van der Waals surface area (Å²) in [6.07, 6.45) is -0.721. The lowest BCUT2D eigenvalue weighted by molar-refractivity contribution is 0.00578. The first-order valence-electron chi connectivity index (χ1n) is 11.5. The Balaban J connectivity index is 2.45. The number of benzene rings is 1. The SMILES string of the molecule is CC(C)(C)OC(=O)Nc1ccc(B2OC(C)(C)C(C)(C)O2)c(CO[Si](C)(C)C(C)(C)C)c1F. The van der Waals surface area contributed by atoms with Crippen molar-refractivity contribution in [2.45, 2.75) is 111 Å². The second-order valence-corrected chi connectivity index (χ2v) is 17.1. The Bertz CT molecular complexity index is 874. The van der Waals surface area contributed by atoms with Gasteiger partial charge in [-0.1, -0.05) is 26.8 Å². The van der Waals surface area contributed by atoms with Crippen molar-refractivity contribution in [2.75, 3.05) is 5.32 Å². The zero-order valence-corrected chi connectivity index (χ0v) is 23.4. The largest absolute Gasteiger partial charge is 0.495 e. The molecule has 0 spiro atoms. The van der Waals surface area contributed by atoms with Crippen LogP contribution in [0.3, 0.4) is 0 Å². The second kappa shape index (κ2) is 8.98. The van der Waals surface area contributed by atoms with Gasteiger partial charge < -0.3 is 18.5 Å². The van der Waals surface area contributed by atoms with Crippen LogP contribution in [-0.4, -0.2) is 38.3 Å². The van der Waals surface area contributed by atoms with E-state index in [-0.39, 0.29) is 17.3 Å². The molecule has 0 atom stereocenters. The van der Waals surface area contributed by atoms with E-state index in [1.807, 2.05) is 27.7 Å². The Morgan fingerprint density at radius 2 is 1.58 bits per heavy atom. The quantitative estimate of drug-likeness (QED) is 0.523. The highest BCUT2D eigenvalue weighted by molar-refractivity contribution is 6.74. The van der Waals surface area contributed by atoms with Gasteiger partial charge in [0.05, 0.1) is 23.5 Å². The number of hydrogen-bond donors (Lipinski definition) is 1. The van der Waals surface area contributed by atoms with Crippen molar-refractivity contribution in [1.29, 1.82) is 0 Å². The van der Waals surface area contributed by atoms with Gasteiger partial charge in [0, 0.05) is 5.56 Å². The van der Waals surface area contributed by atoms with Crippen molar-refractivity contribution < 1.29 is 27.7 Å². The average molecular weight is 481 g/mol. The van der Waals surface area contributed by atoms with E-state index in [4.69, 9.17) is 18.5 Å². The molecule has 2 rings (SSSR count). The Morgan fingerprint density at radius 1 is 1.06 bits per heavy atom. The van der Waals surface area contributed by atoms with Gasteiger partial charge >= 0.3 is 13.2 Å². The number of nitrogens with one attached hydrogen (secondary N) is 1. The lowest BCUT2D eigenvalue weighted by atomic mass is 9.75. The summed E-state index contributed by atoms with van der Waals surface area (Å²) >= 11 is 0. The van der Waals surface area contributed by atoms with Crippen molar-refractivity contribution >= 4 is 32.7 Å². The van der Waals surface area contributed by atoms with Gasteiger partial charge in [0.25, 0.3) is 0 Å². The summed E-state index contributed by atoms with van der Waals surface area (Å²) in [5.74, 6) is -0.577. The molecule has 9 heteroatoms. The third-order valence-corrected chi connectivity index (χ3v) is 11.3. The van der Waals surface area contributed by atoms with Gasteiger partial charge in [-0.3, -0.25) is 5.32 Å². The molecule has 1 fully saturated rings. The minimum atomic E-state index is -2.17. The summed E-state index contributed by atoms with van der Waals surface area (Å²) in [5, 5.41) is 2.48. The predicted molar refractivity (Wildman–Crippen MR) is 134 cm³/mol. The molecule has 0 aromatic heterocycles. The third-order valence-electron chi connectivity index (χ3n) is 6.81. The fraction of sp³-hybridized carbons (Fsp3) is 0.708. The number of amides is 1. The minimum Gasteiger partial charge on any atom is -0.444 e. The van der Waals surface area contributed by atoms with Gasteiger partial charge in [-0.2, -0.15) is 0 Å². The molecule has 186 valence electrons. The number of hydrogen-bond acceptors (Lipinski definition) is 5. The van der Waals surface area contributed by atoms with E-state index in [2.05, 4.69) is 39.2 Å². The van der Waals surface area contributed by atoms with Gasteiger partial charge in [0.1, 0.15) is 5.60 Å². The van der Waals surface area contributed by atoms with Crippen LogP contribution in [-0.2, 0) is 25.1 Å². The molecule has 0 saturated carbocycles. The van der Waals surface area contributed by atoms with Crippen LogP contribution in [0.25, 0.3) is 0 Å². The van der Waals surface area contributed by atoms with E-state index in [1.54, 1.807) is 26.8 Å². The summed E-state index contributed by atoms with van der Waals surface area (Å²) in [6, 6.07) is 3.23. The fourth-order valence-corrected chi connectivity index (χ4v) is 3.89. The molecule has 0 aliphatic carbocycles. The van der Waals surface area contributed by atoms with Crippen LogP contribution in [0.5, 0.6) is 0 Å². The van der Waals surface area contributed by atoms with E-state index in [9.17, 15) is 4.79 Å². The van der Waals surface area contributed by atoms with Crippen molar-refractivity contribution in [3.05, 3.63) is 23.5 Å². The summed E-state index contributed by atoms with van der Waals surface area (Å²) in [5.41, 5.74) is -0.944. The van der Waals surface area contributed by atoms with Crippen LogP contribution >= 0.6 is 0 Å². The average Bonchev–Trinajstić information content (AvgIpc) is 2.80. The molecular weight excluding hydrogens is 440 g/mol.